The molecule has 0 aliphatic rings. The SMILES string of the molecule is CCOC(=O)C(C)OC(=O)c1c(N)c(CC)nn1C. The van der Waals surface area contributed by atoms with Crippen LogP contribution in [0.2, 0.25) is 0 Å². The third-order valence-corrected chi connectivity index (χ3v) is 2.59. The highest BCUT2D eigenvalue weighted by atomic mass is 16.6. The lowest BCUT2D eigenvalue weighted by Gasteiger charge is -2.12. The molecule has 1 heterocycles. The smallest absolute Gasteiger partial charge is 0.359 e. The molecular weight excluding hydrogens is 250 g/mol. The Balaban J connectivity index is 2.84. The van der Waals surface area contributed by atoms with E-state index in [9.17, 15) is 9.59 Å². The van der Waals surface area contributed by atoms with E-state index >= 15 is 0 Å². The lowest BCUT2D eigenvalue weighted by atomic mass is 10.2. The van der Waals surface area contributed by atoms with Crippen molar-refractivity contribution in [2.45, 2.75) is 33.3 Å². The summed E-state index contributed by atoms with van der Waals surface area (Å²) in [7, 11) is 1.60. The summed E-state index contributed by atoms with van der Waals surface area (Å²) in [6.45, 7) is 5.24. The normalized spacial score (nSPS) is 12.0. The van der Waals surface area contributed by atoms with Crippen LogP contribution in [-0.2, 0) is 27.7 Å². The van der Waals surface area contributed by atoms with Gasteiger partial charge in [0.25, 0.3) is 0 Å². The van der Waals surface area contributed by atoms with Crippen molar-refractivity contribution < 1.29 is 19.1 Å². The molecule has 7 nitrogen and oxygen atoms in total. The highest BCUT2D eigenvalue weighted by Crippen LogP contribution is 2.18. The highest BCUT2D eigenvalue weighted by Gasteiger charge is 2.25. The van der Waals surface area contributed by atoms with Crippen LogP contribution in [0.4, 0.5) is 5.69 Å². The molecule has 0 spiro atoms. The van der Waals surface area contributed by atoms with Gasteiger partial charge in [0, 0.05) is 7.05 Å². The minimum absolute atomic E-state index is 0.146. The molecule has 0 aliphatic heterocycles. The molecule has 0 amide bonds. The molecule has 0 radical (unpaired) electrons. The molecule has 1 aromatic heterocycles. The van der Waals surface area contributed by atoms with Gasteiger partial charge in [-0.05, 0) is 20.3 Å². The maximum atomic E-state index is 12.0. The Kier molecular flexibility index (Phi) is 4.91. The van der Waals surface area contributed by atoms with Crippen molar-refractivity contribution in [2.75, 3.05) is 12.3 Å². The van der Waals surface area contributed by atoms with Gasteiger partial charge in [-0.3, -0.25) is 4.68 Å². The van der Waals surface area contributed by atoms with Gasteiger partial charge < -0.3 is 15.2 Å². The third kappa shape index (κ3) is 3.24. The molecule has 19 heavy (non-hydrogen) atoms. The summed E-state index contributed by atoms with van der Waals surface area (Å²) in [4.78, 5) is 23.4. The fraction of sp³-hybridized carbons (Fsp3) is 0.583. The summed E-state index contributed by atoms with van der Waals surface area (Å²) in [5.41, 5.74) is 6.88. The predicted octanol–water partition coefficient (Wildman–Crippen LogP) is 0.673. The van der Waals surface area contributed by atoms with E-state index in [2.05, 4.69) is 5.10 Å². The second-order valence-corrected chi connectivity index (χ2v) is 3.99. The minimum Gasteiger partial charge on any atom is -0.463 e. The average Bonchev–Trinajstić information content (AvgIpc) is 2.64. The van der Waals surface area contributed by atoms with E-state index in [0.29, 0.717) is 12.1 Å². The van der Waals surface area contributed by atoms with Gasteiger partial charge in [0.1, 0.15) is 0 Å². The van der Waals surface area contributed by atoms with Crippen molar-refractivity contribution in [3.8, 4) is 0 Å². The Morgan fingerprint density at radius 2 is 2.05 bits per heavy atom. The predicted molar refractivity (Wildman–Crippen MR) is 68.5 cm³/mol. The molecule has 0 bridgehead atoms. The molecule has 0 aromatic carbocycles. The first kappa shape index (κ1) is 15.0. The Labute approximate surface area is 111 Å². The van der Waals surface area contributed by atoms with Crippen molar-refractivity contribution in [3.05, 3.63) is 11.4 Å². The molecule has 1 atom stereocenters. The maximum Gasteiger partial charge on any atom is 0.359 e. The number of nitrogen functional groups attached to an aromatic ring is 1. The Bertz CT molecular complexity index is 482. The molecule has 106 valence electrons. The van der Waals surface area contributed by atoms with Crippen LogP contribution in [0.1, 0.15) is 37.0 Å². The van der Waals surface area contributed by atoms with E-state index in [1.165, 1.54) is 11.6 Å². The lowest BCUT2D eigenvalue weighted by Crippen LogP contribution is -2.27. The van der Waals surface area contributed by atoms with Crippen LogP contribution >= 0.6 is 0 Å². The molecule has 2 N–H and O–H groups in total. The number of carbonyl (C=O) groups excluding carboxylic acids is 2. The summed E-state index contributed by atoms with van der Waals surface area (Å²) >= 11 is 0. The van der Waals surface area contributed by atoms with Crippen LogP contribution in [0.5, 0.6) is 0 Å². The van der Waals surface area contributed by atoms with Gasteiger partial charge >= 0.3 is 11.9 Å². The number of rotatable bonds is 5. The lowest BCUT2D eigenvalue weighted by molar-refractivity contribution is -0.152. The Morgan fingerprint density at radius 1 is 1.42 bits per heavy atom. The van der Waals surface area contributed by atoms with Gasteiger partial charge in [0.15, 0.2) is 11.8 Å². The quantitative estimate of drug-likeness (QED) is 0.789. The van der Waals surface area contributed by atoms with Gasteiger partial charge in [0.2, 0.25) is 0 Å². The van der Waals surface area contributed by atoms with Gasteiger partial charge in [-0.2, -0.15) is 5.10 Å². The largest absolute Gasteiger partial charge is 0.463 e. The molecule has 0 aliphatic carbocycles. The van der Waals surface area contributed by atoms with Crippen molar-refractivity contribution in [1.82, 2.24) is 9.78 Å². The first-order chi connectivity index (χ1) is 8.92. The summed E-state index contributed by atoms with van der Waals surface area (Å²) in [6, 6.07) is 0. The van der Waals surface area contributed by atoms with E-state index in [4.69, 9.17) is 15.2 Å². The van der Waals surface area contributed by atoms with Gasteiger partial charge in [-0.15, -0.1) is 0 Å². The number of esters is 2. The topological polar surface area (TPSA) is 96.4 Å². The summed E-state index contributed by atoms with van der Waals surface area (Å²) in [6.07, 6.45) is -0.368. The molecule has 0 saturated heterocycles. The zero-order valence-electron chi connectivity index (χ0n) is 11.6. The second kappa shape index (κ2) is 6.21. The molecule has 0 fully saturated rings. The second-order valence-electron chi connectivity index (χ2n) is 3.99. The maximum absolute atomic E-state index is 12.0. The number of carbonyl (C=O) groups is 2. The van der Waals surface area contributed by atoms with E-state index in [0.717, 1.165) is 0 Å². The molecular formula is C12H19N3O4. The molecule has 0 saturated carbocycles. The number of hydrogen-bond acceptors (Lipinski definition) is 6. The fourth-order valence-corrected chi connectivity index (χ4v) is 1.62. The molecule has 7 heteroatoms. The van der Waals surface area contributed by atoms with Crippen LogP contribution in [0.25, 0.3) is 0 Å². The van der Waals surface area contributed by atoms with Crippen molar-refractivity contribution in [1.29, 1.82) is 0 Å². The molecule has 1 aromatic rings. The third-order valence-electron chi connectivity index (χ3n) is 2.59. The number of anilines is 1. The van der Waals surface area contributed by atoms with Crippen LogP contribution in [0.3, 0.4) is 0 Å². The first-order valence-electron chi connectivity index (χ1n) is 6.11. The van der Waals surface area contributed by atoms with E-state index in [1.54, 1.807) is 14.0 Å². The van der Waals surface area contributed by atoms with Gasteiger partial charge in [0.05, 0.1) is 18.0 Å². The fourth-order valence-electron chi connectivity index (χ4n) is 1.62. The van der Waals surface area contributed by atoms with Crippen LogP contribution < -0.4 is 5.73 Å². The Morgan fingerprint density at radius 3 is 2.53 bits per heavy atom. The number of hydrogen-bond donors (Lipinski definition) is 1. The average molecular weight is 269 g/mol. The van der Waals surface area contributed by atoms with Crippen molar-refractivity contribution in [2.24, 2.45) is 7.05 Å². The first-order valence-corrected chi connectivity index (χ1v) is 6.11. The van der Waals surface area contributed by atoms with Crippen molar-refractivity contribution in [3.63, 3.8) is 0 Å². The van der Waals surface area contributed by atoms with Gasteiger partial charge in [-0.25, -0.2) is 9.59 Å². The number of ether oxygens (including phenoxy) is 2. The molecule has 1 rings (SSSR count). The summed E-state index contributed by atoms with van der Waals surface area (Å²) < 4.78 is 11.1. The number of aryl methyl sites for hydroxylation is 2. The van der Waals surface area contributed by atoms with Crippen LogP contribution in [-0.4, -0.2) is 34.4 Å². The number of nitrogens with two attached hydrogens (primary N) is 1. The zero-order valence-corrected chi connectivity index (χ0v) is 11.6. The standard InChI is InChI=1S/C12H19N3O4/c1-5-8-9(13)10(15(4)14-8)12(17)19-7(3)11(16)18-6-2/h7H,5-6,13H2,1-4H3. The highest BCUT2D eigenvalue weighted by molar-refractivity contribution is 5.95. The minimum atomic E-state index is -0.980. The molecule has 1 unspecified atom stereocenters. The summed E-state index contributed by atoms with van der Waals surface area (Å²) in [5, 5.41) is 4.11. The Hall–Kier alpha value is -2.05. The van der Waals surface area contributed by atoms with Crippen LogP contribution in [0.15, 0.2) is 0 Å². The van der Waals surface area contributed by atoms with Crippen LogP contribution in [0, 0.1) is 0 Å². The van der Waals surface area contributed by atoms with E-state index < -0.39 is 18.0 Å². The van der Waals surface area contributed by atoms with E-state index in [1.807, 2.05) is 6.92 Å². The number of nitrogens with zero attached hydrogens (tertiary/aromatic N) is 2. The summed E-state index contributed by atoms with van der Waals surface area (Å²) in [5.74, 6) is -1.28. The zero-order chi connectivity index (χ0) is 14.6. The van der Waals surface area contributed by atoms with E-state index in [-0.39, 0.29) is 18.0 Å². The monoisotopic (exact) mass is 269 g/mol. The van der Waals surface area contributed by atoms with Gasteiger partial charge in [-0.1, -0.05) is 6.92 Å². The van der Waals surface area contributed by atoms with Crippen molar-refractivity contribution >= 4 is 17.6 Å². The number of aromatic nitrogens is 2.